The fraction of sp³-hybridized carbons (Fsp3) is 0.143. The monoisotopic (exact) mass is 433 g/mol. The van der Waals surface area contributed by atoms with Crippen molar-refractivity contribution in [2.45, 2.75) is 19.9 Å². The molecule has 0 unspecified atom stereocenters. The molecule has 0 aliphatic carbocycles. The van der Waals surface area contributed by atoms with E-state index in [1.54, 1.807) is 6.20 Å². The molecule has 6 nitrogen and oxygen atoms in total. The van der Waals surface area contributed by atoms with E-state index in [2.05, 4.69) is 54.5 Å². The molecule has 28 heavy (non-hydrogen) atoms. The summed E-state index contributed by atoms with van der Waals surface area (Å²) in [6, 6.07) is 11.9. The van der Waals surface area contributed by atoms with E-state index in [0.717, 1.165) is 44.2 Å². The number of hydrogen-bond acceptors (Lipinski definition) is 5. The highest BCUT2D eigenvalue weighted by Gasteiger charge is 2.28. The van der Waals surface area contributed by atoms with Gasteiger partial charge in [-0.1, -0.05) is 22.0 Å². The summed E-state index contributed by atoms with van der Waals surface area (Å²) in [5.74, 6) is 0.677. The van der Waals surface area contributed by atoms with Crippen LogP contribution in [0.5, 0.6) is 0 Å². The largest absolute Gasteiger partial charge is 0.441 e. The van der Waals surface area contributed by atoms with E-state index in [9.17, 15) is 0 Å². The van der Waals surface area contributed by atoms with Gasteiger partial charge in [-0.15, -0.1) is 0 Å². The lowest BCUT2D eigenvalue weighted by molar-refractivity contribution is 0.567. The van der Waals surface area contributed by atoms with E-state index in [1.165, 1.54) is 6.39 Å². The Morgan fingerprint density at radius 1 is 1.11 bits per heavy atom. The van der Waals surface area contributed by atoms with Crippen molar-refractivity contribution in [1.82, 2.24) is 19.5 Å². The van der Waals surface area contributed by atoms with Crippen molar-refractivity contribution >= 4 is 21.6 Å². The average Bonchev–Trinajstić information content (AvgIpc) is 3.29. The highest BCUT2D eigenvalue weighted by Crippen LogP contribution is 2.37. The molecule has 138 valence electrons. The summed E-state index contributed by atoms with van der Waals surface area (Å²) in [6.07, 6.45) is 5.06. The van der Waals surface area contributed by atoms with Gasteiger partial charge in [0.1, 0.15) is 12.0 Å². The molecule has 7 heteroatoms. The Labute approximate surface area is 170 Å². The van der Waals surface area contributed by atoms with Gasteiger partial charge in [-0.05, 0) is 44.2 Å². The standard InChI is InChI=1S/C21H16BrN5O/c1-12-20-19(21-13(2)25-11-28-21)24-10-27(20)17-7-6-14(22)9-15(17)18(26-12)16-5-3-4-8-23-16/h3-12H,1-2H3/t12-/m0/s1. The summed E-state index contributed by atoms with van der Waals surface area (Å²) < 4.78 is 8.70. The second-order valence-electron chi connectivity index (χ2n) is 6.65. The molecule has 1 aromatic carbocycles. The normalized spacial score (nSPS) is 15.5. The number of halogens is 1. The van der Waals surface area contributed by atoms with Crippen LogP contribution in [-0.4, -0.2) is 25.2 Å². The summed E-state index contributed by atoms with van der Waals surface area (Å²) in [5, 5.41) is 0. The van der Waals surface area contributed by atoms with Crippen LogP contribution in [0.15, 0.2) is 69.2 Å². The van der Waals surface area contributed by atoms with E-state index < -0.39 is 0 Å². The van der Waals surface area contributed by atoms with Crippen LogP contribution in [0.2, 0.25) is 0 Å². The first-order valence-electron chi connectivity index (χ1n) is 8.90. The fourth-order valence-electron chi connectivity index (χ4n) is 3.59. The van der Waals surface area contributed by atoms with E-state index >= 15 is 0 Å². The molecule has 0 bridgehead atoms. The van der Waals surface area contributed by atoms with Crippen LogP contribution in [-0.2, 0) is 0 Å². The fourth-order valence-corrected chi connectivity index (χ4v) is 3.95. The van der Waals surface area contributed by atoms with Gasteiger partial charge in [0.15, 0.2) is 12.2 Å². The number of hydrogen-bond donors (Lipinski definition) is 0. The minimum atomic E-state index is -0.148. The SMILES string of the molecule is Cc1ncoc1-c1ncn2c1[C@H](C)N=C(c1ccccn1)c1cc(Br)ccc1-2. The summed E-state index contributed by atoms with van der Waals surface area (Å²) in [4.78, 5) is 18.5. The van der Waals surface area contributed by atoms with Gasteiger partial charge in [0.2, 0.25) is 0 Å². The smallest absolute Gasteiger partial charge is 0.181 e. The Hall–Kier alpha value is -3.06. The van der Waals surface area contributed by atoms with E-state index in [1.807, 2.05) is 37.5 Å². The van der Waals surface area contributed by atoms with Crippen LogP contribution in [0.25, 0.3) is 17.1 Å². The van der Waals surface area contributed by atoms with Crippen LogP contribution in [0.3, 0.4) is 0 Å². The summed E-state index contributed by atoms with van der Waals surface area (Å²) in [6.45, 7) is 3.98. The number of aryl methyl sites for hydroxylation is 1. The molecule has 4 heterocycles. The molecule has 0 saturated heterocycles. The second kappa shape index (κ2) is 6.53. The predicted octanol–water partition coefficient (Wildman–Crippen LogP) is 4.91. The van der Waals surface area contributed by atoms with Gasteiger partial charge in [0, 0.05) is 16.2 Å². The topological polar surface area (TPSA) is 69.1 Å². The molecular formula is C21H16BrN5O. The molecule has 0 radical (unpaired) electrons. The van der Waals surface area contributed by atoms with E-state index in [0.29, 0.717) is 5.76 Å². The number of aromatic nitrogens is 4. The summed E-state index contributed by atoms with van der Waals surface area (Å²) in [5.41, 5.74) is 6.23. The highest BCUT2D eigenvalue weighted by molar-refractivity contribution is 9.10. The molecular weight excluding hydrogens is 418 g/mol. The summed E-state index contributed by atoms with van der Waals surface area (Å²) >= 11 is 3.59. The molecule has 0 saturated carbocycles. The third-order valence-electron chi connectivity index (χ3n) is 4.86. The molecule has 1 aliphatic rings. The zero-order valence-corrected chi connectivity index (χ0v) is 16.9. The average molecular weight is 434 g/mol. The number of nitrogens with zero attached hydrogens (tertiary/aromatic N) is 5. The van der Waals surface area contributed by atoms with Gasteiger partial charge in [-0.25, -0.2) is 9.97 Å². The molecule has 0 spiro atoms. The zero-order valence-electron chi connectivity index (χ0n) is 15.3. The first kappa shape index (κ1) is 17.1. The Morgan fingerprint density at radius 3 is 2.75 bits per heavy atom. The lowest BCUT2D eigenvalue weighted by Gasteiger charge is -2.12. The van der Waals surface area contributed by atoms with Crippen molar-refractivity contribution in [2.75, 3.05) is 0 Å². The third kappa shape index (κ3) is 2.62. The summed E-state index contributed by atoms with van der Waals surface area (Å²) in [7, 11) is 0. The Morgan fingerprint density at radius 2 is 2.00 bits per heavy atom. The number of oxazole rings is 1. The zero-order chi connectivity index (χ0) is 19.3. The second-order valence-corrected chi connectivity index (χ2v) is 7.56. The maximum Gasteiger partial charge on any atom is 0.181 e. The van der Waals surface area contributed by atoms with E-state index in [4.69, 9.17) is 9.41 Å². The van der Waals surface area contributed by atoms with Crippen molar-refractivity contribution in [1.29, 1.82) is 0 Å². The maximum absolute atomic E-state index is 5.63. The number of benzene rings is 1. The van der Waals surface area contributed by atoms with Gasteiger partial charge in [-0.2, -0.15) is 0 Å². The molecule has 0 N–H and O–H groups in total. The van der Waals surface area contributed by atoms with Crippen LogP contribution in [0.1, 0.15) is 35.6 Å². The number of imidazole rings is 1. The number of pyridine rings is 1. The quantitative estimate of drug-likeness (QED) is 0.450. The first-order valence-corrected chi connectivity index (χ1v) is 9.70. The van der Waals surface area contributed by atoms with Gasteiger partial charge in [-0.3, -0.25) is 14.5 Å². The van der Waals surface area contributed by atoms with Crippen molar-refractivity contribution in [3.05, 3.63) is 82.4 Å². The molecule has 3 aromatic heterocycles. The van der Waals surface area contributed by atoms with Crippen molar-refractivity contribution < 1.29 is 4.42 Å². The Kier molecular flexibility index (Phi) is 3.98. The van der Waals surface area contributed by atoms with Gasteiger partial charge < -0.3 is 4.42 Å². The lowest BCUT2D eigenvalue weighted by atomic mass is 10.0. The molecule has 4 aromatic rings. The van der Waals surface area contributed by atoms with Crippen LogP contribution in [0.4, 0.5) is 0 Å². The van der Waals surface area contributed by atoms with Gasteiger partial charge in [0.25, 0.3) is 0 Å². The lowest BCUT2D eigenvalue weighted by Crippen LogP contribution is -2.08. The number of fused-ring (bicyclic) bond motifs is 3. The molecule has 1 aliphatic heterocycles. The van der Waals surface area contributed by atoms with Crippen LogP contribution >= 0.6 is 15.9 Å². The molecule has 0 amide bonds. The Balaban J connectivity index is 1.81. The van der Waals surface area contributed by atoms with Crippen LogP contribution < -0.4 is 0 Å². The van der Waals surface area contributed by atoms with Crippen molar-refractivity contribution in [2.24, 2.45) is 4.99 Å². The predicted molar refractivity (Wildman–Crippen MR) is 110 cm³/mol. The van der Waals surface area contributed by atoms with Gasteiger partial charge >= 0.3 is 0 Å². The van der Waals surface area contributed by atoms with E-state index in [-0.39, 0.29) is 6.04 Å². The van der Waals surface area contributed by atoms with Crippen molar-refractivity contribution in [3.8, 4) is 17.1 Å². The minimum Gasteiger partial charge on any atom is -0.441 e. The highest BCUT2D eigenvalue weighted by atomic mass is 79.9. The van der Waals surface area contributed by atoms with Crippen LogP contribution in [0, 0.1) is 6.92 Å². The minimum absolute atomic E-state index is 0.148. The molecule has 1 atom stereocenters. The molecule has 0 fully saturated rings. The molecule has 5 rings (SSSR count). The number of aliphatic imine (C=N–C) groups is 1. The Bertz CT molecular complexity index is 1210. The third-order valence-corrected chi connectivity index (χ3v) is 5.36. The maximum atomic E-state index is 5.63. The first-order chi connectivity index (χ1) is 13.6. The number of rotatable bonds is 2. The van der Waals surface area contributed by atoms with Gasteiger partial charge in [0.05, 0.1) is 34.5 Å². The van der Waals surface area contributed by atoms with Crippen molar-refractivity contribution in [3.63, 3.8) is 0 Å².